The second-order valence-electron chi connectivity index (χ2n) is 5.30. The van der Waals surface area contributed by atoms with E-state index in [1.54, 1.807) is 0 Å². The van der Waals surface area contributed by atoms with Crippen LogP contribution in [0.25, 0.3) is 0 Å². The van der Waals surface area contributed by atoms with Crippen LogP contribution in [0.2, 0.25) is 0 Å². The number of benzene rings is 1. The van der Waals surface area contributed by atoms with Crippen LogP contribution >= 0.6 is 0 Å². The van der Waals surface area contributed by atoms with Gasteiger partial charge in [-0.3, -0.25) is 0 Å². The maximum Gasteiger partial charge on any atom is 0.246 e. The van der Waals surface area contributed by atoms with E-state index in [0.717, 1.165) is 31.7 Å². The molecule has 112 valence electrons. The molecule has 6 heteroatoms. The Balaban J connectivity index is 2.28. The maximum atomic E-state index is 13.8. The van der Waals surface area contributed by atoms with Crippen LogP contribution in [0.15, 0.2) is 23.1 Å². The number of hydrogen-bond acceptors (Lipinski definition) is 3. The van der Waals surface area contributed by atoms with Crippen molar-refractivity contribution in [2.75, 3.05) is 18.8 Å². The van der Waals surface area contributed by atoms with Crippen molar-refractivity contribution in [2.45, 2.75) is 37.5 Å². The number of nitrogens with zero attached hydrogens (tertiary/aromatic N) is 1. The summed E-state index contributed by atoms with van der Waals surface area (Å²) in [7, 11) is -3.79. The van der Waals surface area contributed by atoms with E-state index in [9.17, 15) is 12.8 Å². The SMILES string of the molecule is CCC1CCCN(S(=O)(=O)c2cc(N)ccc2F)CC1. The fourth-order valence-electron chi connectivity index (χ4n) is 2.64. The van der Waals surface area contributed by atoms with E-state index in [1.165, 1.54) is 16.4 Å². The molecule has 0 amide bonds. The van der Waals surface area contributed by atoms with E-state index in [-0.39, 0.29) is 10.6 Å². The minimum atomic E-state index is -3.79. The van der Waals surface area contributed by atoms with Gasteiger partial charge in [0.15, 0.2) is 0 Å². The molecule has 1 atom stereocenters. The van der Waals surface area contributed by atoms with Gasteiger partial charge in [0.2, 0.25) is 10.0 Å². The molecule has 0 aliphatic carbocycles. The van der Waals surface area contributed by atoms with Gasteiger partial charge in [0.05, 0.1) is 0 Å². The first-order valence-corrected chi connectivity index (χ1v) is 8.44. The standard InChI is InChI=1S/C14H21FN2O2S/c1-2-11-4-3-8-17(9-7-11)20(18,19)14-10-12(16)5-6-13(14)15/h5-6,10-11H,2-4,7-9,16H2,1H3. The zero-order chi connectivity index (χ0) is 14.8. The first kappa shape index (κ1) is 15.3. The Labute approximate surface area is 119 Å². The zero-order valence-corrected chi connectivity index (χ0v) is 12.5. The van der Waals surface area contributed by atoms with Crippen LogP contribution in [0.1, 0.15) is 32.6 Å². The number of nitrogens with two attached hydrogens (primary N) is 1. The lowest BCUT2D eigenvalue weighted by atomic mass is 9.98. The van der Waals surface area contributed by atoms with Gasteiger partial charge < -0.3 is 5.73 Å². The summed E-state index contributed by atoms with van der Waals surface area (Å²) in [6.07, 6.45) is 3.74. The van der Waals surface area contributed by atoms with E-state index < -0.39 is 15.8 Å². The predicted molar refractivity (Wildman–Crippen MR) is 77.2 cm³/mol. The van der Waals surface area contributed by atoms with Crippen molar-refractivity contribution in [1.29, 1.82) is 0 Å². The Kier molecular flexibility index (Phi) is 4.65. The van der Waals surface area contributed by atoms with Gasteiger partial charge >= 0.3 is 0 Å². The molecule has 1 heterocycles. The highest BCUT2D eigenvalue weighted by atomic mass is 32.2. The van der Waals surface area contributed by atoms with Gasteiger partial charge in [0, 0.05) is 18.8 Å². The van der Waals surface area contributed by atoms with Crippen LogP contribution in [0.5, 0.6) is 0 Å². The van der Waals surface area contributed by atoms with Gasteiger partial charge in [-0.15, -0.1) is 0 Å². The molecule has 1 unspecified atom stereocenters. The molecule has 2 N–H and O–H groups in total. The molecule has 4 nitrogen and oxygen atoms in total. The van der Waals surface area contributed by atoms with Crippen molar-refractivity contribution < 1.29 is 12.8 Å². The first-order chi connectivity index (χ1) is 9.45. The van der Waals surface area contributed by atoms with Crippen LogP contribution in [-0.2, 0) is 10.0 Å². The Morgan fingerprint density at radius 2 is 2.10 bits per heavy atom. The number of hydrogen-bond donors (Lipinski definition) is 1. The highest BCUT2D eigenvalue weighted by Gasteiger charge is 2.29. The minimum Gasteiger partial charge on any atom is -0.399 e. The lowest BCUT2D eigenvalue weighted by Crippen LogP contribution is -2.32. The number of nitrogen functional groups attached to an aromatic ring is 1. The van der Waals surface area contributed by atoms with E-state index in [0.29, 0.717) is 19.0 Å². The Bertz CT molecular complexity index is 575. The molecule has 1 aromatic rings. The number of anilines is 1. The normalized spacial score (nSPS) is 21.6. The molecular weight excluding hydrogens is 279 g/mol. The Morgan fingerprint density at radius 3 is 2.80 bits per heavy atom. The van der Waals surface area contributed by atoms with Gasteiger partial charge in [0.25, 0.3) is 0 Å². The second kappa shape index (κ2) is 6.10. The van der Waals surface area contributed by atoms with Gasteiger partial charge in [-0.05, 0) is 43.4 Å². The van der Waals surface area contributed by atoms with Gasteiger partial charge in [-0.1, -0.05) is 13.3 Å². The molecule has 0 spiro atoms. The summed E-state index contributed by atoms with van der Waals surface area (Å²) in [5, 5.41) is 0. The van der Waals surface area contributed by atoms with Gasteiger partial charge in [-0.25, -0.2) is 12.8 Å². The van der Waals surface area contributed by atoms with Crippen molar-refractivity contribution in [3.8, 4) is 0 Å². The quantitative estimate of drug-likeness (QED) is 0.873. The van der Waals surface area contributed by atoms with Crippen molar-refractivity contribution >= 4 is 15.7 Å². The summed E-state index contributed by atoms with van der Waals surface area (Å²) >= 11 is 0. The summed E-state index contributed by atoms with van der Waals surface area (Å²) in [6.45, 7) is 3.02. The van der Waals surface area contributed by atoms with E-state index in [4.69, 9.17) is 5.73 Å². The van der Waals surface area contributed by atoms with Crippen LogP contribution in [-0.4, -0.2) is 25.8 Å². The summed E-state index contributed by atoms with van der Waals surface area (Å²) in [6, 6.07) is 3.67. The first-order valence-electron chi connectivity index (χ1n) is 7.00. The lowest BCUT2D eigenvalue weighted by molar-refractivity contribution is 0.405. The third-order valence-electron chi connectivity index (χ3n) is 3.96. The summed E-state index contributed by atoms with van der Waals surface area (Å²) in [5.41, 5.74) is 5.83. The molecule has 0 radical (unpaired) electrons. The third kappa shape index (κ3) is 3.12. The van der Waals surface area contributed by atoms with Crippen molar-refractivity contribution in [3.05, 3.63) is 24.0 Å². The topological polar surface area (TPSA) is 63.4 Å². The molecule has 1 saturated heterocycles. The maximum absolute atomic E-state index is 13.8. The fourth-order valence-corrected chi connectivity index (χ4v) is 4.24. The van der Waals surface area contributed by atoms with E-state index in [2.05, 4.69) is 6.92 Å². The van der Waals surface area contributed by atoms with Crippen molar-refractivity contribution in [3.63, 3.8) is 0 Å². The molecule has 20 heavy (non-hydrogen) atoms. The zero-order valence-electron chi connectivity index (χ0n) is 11.7. The van der Waals surface area contributed by atoms with E-state index in [1.807, 2.05) is 0 Å². The molecule has 2 rings (SSSR count). The van der Waals surface area contributed by atoms with Gasteiger partial charge in [0.1, 0.15) is 10.7 Å². The predicted octanol–water partition coefficient (Wildman–Crippen LogP) is 2.61. The largest absolute Gasteiger partial charge is 0.399 e. The average Bonchev–Trinajstić information content (AvgIpc) is 2.67. The molecule has 1 aliphatic rings. The lowest BCUT2D eigenvalue weighted by Gasteiger charge is -2.20. The Hall–Kier alpha value is -1.14. The minimum absolute atomic E-state index is 0.256. The Morgan fingerprint density at radius 1 is 1.35 bits per heavy atom. The van der Waals surface area contributed by atoms with Crippen LogP contribution < -0.4 is 5.73 Å². The molecule has 1 aliphatic heterocycles. The smallest absolute Gasteiger partial charge is 0.246 e. The summed E-state index contributed by atoms with van der Waals surface area (Å²) in [4.78, 5) is -0.313. The molecular formula is C14H21FN2O2S. The number of sulfonamides is 1. The molecule has 0 bridgehead atoms. The van der Waals surface area contributed by atoms with Gasteiger partial charge in [-0.2, -0.15) is 4.31 Å². The molecule has 1 aromatic carbocycles. The average molecular weight is 300 g/mol. The van der Waals surface area contributed by atoms with E-state index >= 15 is 0 Å². The summed E-state index contributed by atoms with van der Waals surface area (Å²) < 4.78 is 40.3. The molecule has 1 fully saturated rings. The summed E-state index contributed by atoms with van der Waals surface area (Å²) in [5.74, 6) is -0.184. The van der Waals surface area contributed by atoms with Crippen molar-refractivity contribution in [1.82, 2.24) is 4.31 Å². The van der Waals surface area contributed by atoms with Crippen molar-refractivity contribution in [2.24, 2.45) is 5.92 Å². The highest BCUT2D eigenvalue weighted by molar-refractivity contribution is 7.89. The number of rotatable bonds is 3. The van der Waals surface area contributed by atoms with Crippen LogP contribution in [0.4, 0.5) is 10.1 Å². The fraction of sp³-hybridized carbons (Fsp3) is 0.571. The van der Waals surface area contributed by atoms with Crippen LogP contribution in [0.3, 0.4) is 0 Å². The number of halogens is 1. The van der Waals surface area contributed by atoms with Crippen LogP contribution in [0, 0.1) is 11.7 Å². The highest BCUT2D eigenvalue weighted by Crippen LogP contribution is 2.26. The monoisotopic (exact) mass is 300 g/mol. The third-order valence-corrected chi connectivity index (χ3v) is 5.87. The molecule has 0 saturated carbocycles. The second-order valence-corrected chi connectivity index (χ2v) is 7.21. The molecule has 0 aromatic heterocycles.